The number of rotatable bonds is 7. The van der Waals surface area contributed by atoms with Crippen LogP contribution in [0, 0.1) is 0 Å². The van der Waals surface area contributed by atoms with Gasteiger partial charge in [-0.15, -0.1) is 10.2 Å². The number of amides is 2. The molecule has 0 spiro atoms. The van der Waals surface area contributed by atoms with Gasteiger partial charge in [-0.2, -0.15) is 0 Å². The summed E-state index contributed by atoms with van der Waals surface area (Å²) in [7, 11) is 0. The van der Waals surface area contributed by atoms with Gasteiger partial charge in [-0.3, -0.25) is 9.59 Å². The van der Waals surface area contributed by atoms with Gasteiger partial charge < -0.3 is 10.6 Å². The molecule has 7 heteroatoms. The standard InChI is InChI=1S/C17H22N4O2S/c1-4-6-14-20-21-17(24-14)16(23)19-13-9-7-12(8-10-13)15(22)18-11(3)5-2/h7-11H,4-6H2,1-3H3,(H,18,22)(H,19,23)/t11-/m0/s1. The summed E-state index contributed by atoms with van der Waals surface area (Å²) in [5.74, 6) is -0.401. The van der Waals surface area contributed by atoms with Crippen molar-refractivity contribution in [2.24, 2.45) is 0 Å². The van der Waals surface area contributed by atoms with Crippen LogP contribution in [-0.2, 0) is 6.42 Å². The van der Waals surface area contributed by atoms with E-state index in [0.29, 0.717) is 16.3 Å². The zero-order chi connectivity index (χ0) is 17.5. The number of nitrogens with one attached hydrogen (secondary N) is 2. The number of benzene rings is 1. The molecule has 1 atom stereocenters. The monoisotopic (exact) mass is 346 g/mol. The van der Waals surface area contributed by atoms with Gasteiger partial charge in [0.05, 0.1) is 0 Å². The van der Waals surface area contributed by atoms with Crippen LogP contribution in [0.2, 0.25) is 0 Å². The predicted octanol–water partition coefficient (Wildman–Crippen LogP) is 3.27. The van der Waals surface area contributed by atoms with Gasteiger partial charge in [-0.05, 0) is 44.0 Å². The van der Waals surface area contributed by atoms with Gasteiger partial charge in [0, 0.05) is 23.7 Å². The van der Waals surface area contributed by atoms with Crippen LogP contribution in [0.1, 0.15) is 58.8 Å². The minimum atomic E-state index is -0.286. The molecule has 2 rings (SSSR count). The maximum Gasteiger partial charge on any atom is 0.286 e. The van der Waals surface area contributed by atoms with Gasteiger partial charge in [0.2, 0.25) is 5.01 Å². The largest absolute Gasteiger partial charge is 0.350 e. The van der Waals surface area contributed by atoms with Crippen molar-refractivity contribution < 1.29 is 9.59 Å². The average molecular weight is 346 g/mol. The van der Waals surface area contributed by atoms with Crippen LogP contribution in [0.25, 0.3) is 0 Å². The van der Waals surface area contributed by atoms with E-state index >= 15 is 0 Å². The molecule has 0 saturated carbocycles. The fourth-order valence-corrected chi connectivity index (χ4v) is 2.80. The van der Waals surface area contributed by atoms with Gasteiger partial charge in [0.15, 0.2) is 0 Å². The lowest BCUT2D eigenvalue weighted by Crippen LogP contribution is -2.31. The number of nitrogens with zero attached hydrogens (tertiary/aromatic N) is 2. The van der Waals surface area contributed by atoms with Crippen molar-refractivity contribution in [1.29, 1.82) is 0 Å². The van der Waals surface area contributed by atoms with Crippen molar-refractivity contribution in [1.82, 2.24) is 15.5 Å². The number of carbonyl (C=O) groups excluding carboxylic acids is 2. The fraction of sp³-hybridized carbons (Fsp3) is 0.412. The van der Waals surface area contributed by atoms with E-state index in [9.17, 15) is 9.59 Å². The van der Waals surface area contributed by atoms with E-state index in [0.717, 1.165) is 24.3 Å². The number of carbonyl (C=O) groups is 2. The summed E-state index contributed by atoms with van der Waals surface area (Å²) < 4.78 is 0. The Hall–Kier alpha value is -2.28. The van der Waals surface area contributed by atoms with Gasteiger partial charge in [-0.1, -0.05) is 25.2 Å². The molecular formula is C17H22N4O2S. The predicted molar refractivity (Wildman–Crippen MR) is 95.5 cm³/mol. The van der Waals surface area contributed by atoms with Crippen LogP contribution in [0.5, 0.6) is 0 Å². The maximum atomic E-state index is 12.2. The molecule has 1 aromatic heterocycles. The zero-order valence-corrected chi connectivity index (χ0v) is 14.9. The third kappa shape index (κ3) is 4.86. The van der Waals surface area contributed by atoms with Crippen molar-refractivity contribution in [2.75, 3.05) is 5.32 Å². The molecule has 1 heterocycles. The highest BCUT2D eigenvalue weighted by molar-refractivity contribution is 7.13. The summed E-state index contributed by atoms with van der Waals surface area (Å²) in [6.07, 6.45) is 2.67. The Morgan fingerprint density at radius 3 is 2.46 bits per heavy atom. The van der Waals surface area contributed by atoms with Gasteiger partial charge >= 0.3 is 0 Å². The van der Waals surface area contributed by atoms with Crippen molar-refractivity contribution in [3.05, 3.63) is 39.8 Å². The summed E-state index contributed by atoms with van der Waals surface area (Å²) in [5.41, 5.74) is 1.18. The first-order chi connectivity index (χ1) is 11.5. The summed E-state index contributed by atoms with van der Waals surface area (Å²) in [4.78, 5) is 24.2. The van der Waals surface area contributed by atoms with E-state index in [1.54, 1.807) is 24.3 Å². The molecule has 1 aromatic carbocycles. The van der Waals surface area contributed by atoms with E-state index in [-0.39, 0.29) is 17.9 Å². The lowest BCUT2D eigenvalue weighted by molar-refractivity contribution is 0.0938. The zero-order valence-electron chi connectivity index (χ0n) is 14.1. The first-order valence-electron chi connectivity index (χ1n) is 8.08. The smallest absolute Gasteiger partial charge is 0.286 e. The van der Waals surface area contributed by atoms with Gasteiger partial charge in [0.25, 0.3) is 11.8 Å². The highest BCUT2D eigenvalue weighted by Crippen LogP contribution is 2.15. The van der Waals surface area contributed by atoms with E-state index in [4.69, 9.17) is 0 Å². The van der Waals surface area contributed by atoms with Crippen molar-refractivity contribution in [3.63, 3.8) is 0 Å². The Morgan fingerprint density at radius 1 is 1.12 bits per heavy atom. The second kappa shape index (κ2) is 8.54. The van der Waals surface area contributed by atoms with E-state index in [2.05, 4.69) is 27.8 Å². The molecule has 0 bridgehead atoms. The third-order valence-electron chi connectivity index (χ3n) is 3.52. The number of hydrogen-bond donors (Lipinski definition) is 2. The molecule has 0 radical (unpaired) electrons. The van der Waals surface area contributed by atoms with Crippen LogP contribution < -0.4 is 10.6 Å². The van der Waals surface area contributed by atoms with Crippen molar-refractivity contribution in [2.45, 2.75) is 46.1 Å². The summed E-state index contributed by atoms with van der Waals surface area (Å²) in [5, 5.41) is 14.8. The molecule has 6 nitrogen and oxygen atoms in total. The van der Waals surface area contributed by atoms with Crippen LogP contribution in [0.4, 0.5) is 5.69 Å². The third-order valence-corrected chi connectivity index (χ3v) is 4.50. The van der Waals surface area contributed by atoms with Crippen LogP contribution in [0.3, 0.4) is 0 Å². The molecule has 0 aliphatic rings. The Kier molecular flexibility index (Phi) is 6.43. The Labute approximate surface area is 145 Å². The van der Waals surface area contributed by atoms with Crippen LogP contribution in [-0.4, -0.2) is 28.1 Å². The lowest BCUT2D eigenvalue weighted by atomic mass is 10.1. The van der Waals surface area contributed by atoms with Crippen LogP contribution in [0.15, 0.2) is 24.3 Å². The molecule has 128 valence electrons. The Balaban J connectivity index is 1.97. The second-order valence-electron chi connectivity index (χ2n) is 5.57. The average Bonchev–Trinajstić information content (AvgIpc) is 3.04. The molecule has 0 aliphatic heterocycles. The number of aryl methyl sites for hydroxylation is 1. The molecular weight excluding hydrogens is 324 g/mol. The molecule has 2 N–H and O–H groups in total. The summed E-state index contributed by atoms with van der Waals surface area (Å²) in [6, 6.07) is 6.92. The SMILES string of the molecule is CCCc1nnc(C(=O)Nc2ccc(C(=O)N[C@@H](C)CC)cc2)s1. The lowest BCUT2D eigenvalue weighted by Gasteiger charge is -2.11. The van der Waals surface area contributed by atoms with Crippen molar-refractivity contribution in [3.8, 4) is 0 Å². The van der Waals surface area contributed by atoms with E-state index < -0.39 is 0 Å². The molecule has 0 aliphatic carbocycles. The highest BCUT2D eigenvalue weighted by atomic mass is 32.1. The van der Waals surface area contributed by atoms with Crippen molar-refractivity contribution >= 4 is 28.8 Å². The summed E-state index contributed by atoms with van der Waals surface area (Å²) >= 11 is 1.30. The molecule has 0 unspecified atom stereocenters. The van der Waals surface area contributed by atoms with E-state index in [1.807, 2.05) is 13.8 Å². The molecule has 24 heavy (non-hydrogen) atoms. The molecule has 2 aromatic rings. The maximum absolute atomic E-state index is 12.2. The van der Waals surface area contributed by atoms with Gasteiger partial charge in [0.1, 0.15) is 5.01 Å². The van der Waals surface area contributed by atoms with E-state index in [1.165, 1.54) is 11.3 Å². The Bertz CT molecular complexity index is 697. The highest BCUT2D eigenvalue weighted by Gasteiger charge is 2.13. The first kappa shape index (κ1) is 18.1. The second-order valence-corrected chi connectivity index (χ2v) is 6.63. The first-order valence-corrected chi connectivity index (χ1v) is 8.89. The molecule has 2 amide bonds. The van der Waals surface area contributed by atoms with Crippen LogP contribution >= 0.6 is 11.3 Å². The number of hydrogen-bond acceptors (Lipinski definition) is 5. The van der Waals surface area contributed by atoms with Gasteiger partial charge in [-0.25, -0.2) is 0 Å². The minimum Gasteiger partial charge on any atom is -0.350 e. The molecule has 0 saturated heterocycles. The Morgan fingerprint density at radius 2 is 1.83 bits per heavy atom. The quantitative estimate of drug-likeness (QED) is 0.806. The normalized spacial score (nSPS) is 11.8. The minimum absolute atomic E-state index is 0.115. The number of anilines is 1. The summed E-state index contributed by atoms with van der Waals surface area (Å²) in [6.45, 7) is 6.03. The molecule has 0 fully saturated rings. The number of aromatic nitrogens is 2. The topological polar surface area (TPSA) is 84.0 Å². The fourth-order valence-electron chi connectivity index (χ4n) is 1.96.